The maximum absolute atomic E-state index is 12.9. The number of aromatic nitrogens is 1. The van der Waals surface area contributed by atoms with Gasteiger partial charge in [-0.25, -0.2) is 4.98 Å². The van der Waals surface area contributed by atoms with Gasteiger partial charge in [0.1, 0.15) is 5.69 Å². The molecule has 150 valence electrons. The molecule has 0 saturated carbocycles. The van der Waals surface area contributed by atoms with Gasteiger partial charge in [-0.15, -0.1) is 0 Å². The van der Waals surface area contributed by atoms with Gasteiger partial charge in [0.15, 0.2) is 0 Å². The number of nitrogens with zero attached hydrogens (tertiary/aromatic N) is 2. The number of hydrogen-bond donors (Lipinski definition) is 2. The molecule has 2 amide bonds. The predicted octanol–water partition coefficient (Wildman–Crippen LogP) is 2.46. The largest absolute Gasteiger partial charge is 0.391 e. The summed E-state index contributed by atoms with van der Waals surface area (Å²) < 4.78 is 0. The van der Waals surface area contributed by atoms with E-state index in [-0.39, 0.29) is 23.8 Å². The molecule has 0 aliphatic carbocycles. The second-order valence-corrected chi connectivity index (χ2v) is 8.59. The SMILES string of the molecule is Cc1ccc(C)c(C(=O)N[C@H]2CCN(C(=O)C(C)(C)C(C)C)C[C@@H](O)C2)n1. The first-order chi connectivity index (χ1) is 12.5. The summed E-state index contributed by atoms with van der Waals surface area (Å²) in [5.74, 6) is 0.0340. The van der Waals surface area contributed by atoms with E-state index in [1.807, 2.05) is 53.7 Å². The average Bonchev–Trinajstić information content (AvgIpc) is 2.77. The molecule has 0 bridgehead atoms. The van der Waals surface area contributed by atoms with Crippen LogP contribution < -0.4 is 5.32 Å². The lowest BCUT2D eigenvalue weighted by Crippen LogP contribution is -2.46. The van der Waals surface area contributed by atoms with Gasteiger partial charge in [-0.1, -0.05) is 33.8 Å². The Labute approximate surface area is 162 Å². The topological polar surface area (TPSA) is 82.5 Å². The first-order valence-corrected chi connectivity index (χ1v) is 9.75. The van der Waals surface area contributed by atoms with E-state index in [1.54, 1.807) is 4.90 Å². The fourth-order valence-electron chi connectivity index (χ4n) is 3.26. The number of aryl methyl sites for hydroxylation is 2. The lowest BCUT2D eigenvalue weighted by molar-refractivity contribution is -0.143. The highest BCUT2D eigenvalue weighted by atomic mass is 16.3. The molecule has 0 unspecified atom stereocenters. The molecule has 2 rings (SSSR count). The van der Waals surface area contributed by atoms with Crippen LogP contribution in [0.5, 0.6) is 0 Å². The Bertz CT molecular complexity index is 700. The minimum absolute atomic E-state index is 0.0553. The first kappa shape index (κ1) is 21.4. The van der Waals surface area contributed by atoms with Crippen molar-refractivity contribution < 1.29 is 14.7 Å². The molecule has 1 aliphatic heterocycles. The number of carbonyl (C=O) groups is 2. The highest BCUT2D eigenvalue weighted by Gasteiger charge is 2.37. The second-order valence-electron chi connectivity index (χ2n) is 8.59. The molecule has 2 atom stereocenters. The Hall–Kier alpha value is -1.95. The number of nitrogens with one attached hydrogen (secondary N) is 1. The number of rotatable bonds is 4. The molecule has 1 aliphatic rings. The molecule has 1 aromatic heterocycles. The van der Waals surface area contributed by atoms with E-state index >= 15 is 0 Å². The monoisotopic (exact) mass is 375 g/mol. The van der Waals surface area contributed by atoms with Crippen LogP contribution in [0.4, 0.5) is 0 Å². The van der Waals surface area contributed by atoms with E-state index < -0.39 is 11.5 Å². The Morgan fingerprint density at radius 3 is 2.59 bits per heavy atom. The highest BCUT2D eigenvalue weighted by Crippen LogP contribution is 2.29. The number of aliphatic hydroxyl groups is 1. The summed E-state index contributed by atoms with van der Waals surface area (Å²) in [6, 6.07) is 3.57. The van der Waals surface area contributed by atoms with Crippen molar-refractivity contribution in [2.45, 2.75) is 66.5 Å². The van der Waals surface area contributed by atoms with Gasteiger partial charge in [0.05, 0.1) is 6.10 Å². The Kier molecular flexibility index (Phi) is 6.63. The standard InChI is InChI=1S/C21H33N3O3/c1-13(2)21(5,6)20(27)24-10-9-16(11-17(25)12-24)23-19(26)18-14(3)7-8-15(4)22-18/h7-8,13,16-17,25H,9-12H2,1-6H3,(H,23,26)/t16-,17-/m0/s1. The zero-order valence-corrected chi connectivity index (χ0v) is 17.4. The van der Waals surface area contributed by atoms with E-state index in [1.165, 1.54) is 0 Å². The number of hydrogen-bond acceptors (Lipinski definition) is 4. The molecular formula is C21H33N3O3. The quantitative estimate of drug-likeness (QED) is 0.847. The molecule has 6 nitrogen and oxygen atoms in total. The van der Waals surface area contributed by atoms with E-state index in [9.17, 15) is 14.7 Å². The van der Waals surface area contributed by atoms with Crippen LogP contribution in [0, 0.1) is 25.2 Å². The molecule has 0 spiro atoms. The van der Waals surface area contributed by atoms with Gasteiger partial charge < -0.3 is 15.3 Å². The average molecular weight is 376 g/mol. The summed E-state index contributed by atoms with van der Waals surface area (Å²) in [7, 11) is 0. The fraction of sp³-hybridized carbons (Fsp3) is 0.667. The lowest BCUT2D eigenvalue weighted by atomic mass is 9.80. The number of likely N-dealkylation sites (tertiary alicyclic amines) is 1. The molecule has 6 heteroatoms. The smallest absolute Gasteiger partial charge is 0.270 e. The maximum atomic E-state index is 12.9. The van der Waals surface area contributed by atoms with Gasteiger partial charge >= 0.3 is 0 Å². The summed E-state index contributed by atoms with van der Waals surface area (Å²) in [6.45, 7) is 12.5. The summed E-state index contributed by atoms with van der Waals surface area (Å²) >= 11 is 0. The van der Waals surface area contributed by atoms with E-state index in [4.69, 9.17) is 0 Å². The number of pyridine rings is 1. The summed E-state index contributed by atoms with van der Waals surface area (Å²) in [6.07, 6.45) is 0.395. The lowest BCUT2D eigenvalue weighted by Gasteiger charge is -2.34. The van der Waals surface area contributed by atoms with Crippen molar-refractivity contribution in [2.75, 3.05) is 13.1 Å². The van der Waals surface area contributed by atoms with E-state index in [0.717, 1.165) is 11.3 Å². The molecule has 0 radical (unpaired) electrons. The van der Waals surface area contributed by atoms with Crippen molar-refractivity contribution in [3.8, 4) is 0 Å². The van der Waals surface area contributed by atoms with Crippen LogP contribution in [-0.2, 0) is 4.79 Å². The van der Waals surface area contributed by atoms with E-state index in [0.29, 0.717) is 31.6 Å². The summed E-state index contributed by atoms with van der Waals surface area (Å²) in [5, 5.41) is 13.4. The van der Waals surface area contributed by atoms with Gasteiger partial charge in [-0.2, -0.15) is 0 Å². The number of β-amino-alcohol motifs (C(OH)–C–C–N with tert-alkyl or cyclic N) is 1. The van der Waals surface area contributed by atoms with Crippen molar-refractivity contribution in [2.24, 2.45) is 11.3 Å². The van der Waals surface area contributed by atoms with Gasteiger partial charge in [0.25, 0.3) is 5.91 Å². The normalized spacial score (nSPS) is 21.1. The zero-order chi connectivity index (χ0) is 20.4. The van der Waals surface area contributed by atoms with Crippen molar-refractivity contribution in [3.63, 3.8) is 0 Å². The third-order valence-corrected chi connectivity index (χ3v) is 5.80. The second kappa shape index (κ2) is 8.38. The molecule has 2 N–H and O–H groups in total. The number of aliphatic hydroxyl groups excluding tert-OH is 1. The van der Waals surface area contributed by atoms with Crippen LogP contribution in [0.15, 0.2) is 12.1 Å². The minimum Gasteiger partial charge on any atom is -0.391 e. The summed E-state index contributed by atoms with van der Waals surface area (Å²) in [4.78, 5) is 31.6. The Morgan fingerprint density at radius 2 is 1.96 bits per heavy atom. The van der Waals surface area contributed by atoms with Crippen LogP contribution in [0.1, 0.15) is 62.3 Å². The van der Waals surface area contributed by atoms with Gasteiger partial charge in [-0.3, -0.25) is 9.59 Å². The van der Waals surface area contributed by atoms with Crippen LogP contribution in [0.3, 0.4) is 0 Å². The van der Waals surface area contributed by atoms with Crippen LogP contribution >= 0.6 is 0 Å². The molecule has 1 fully saturated rings. The maximum Gasteiger partial charge on any atom is 0.270 e. The molecule has 0 aromatic carbocycles. The Morgan fingerprint density at radius 1 is 1.30 bits per heavy atom. The van der Waals surface area contributed by atoms with Gasteiger partial charge in [0.2, 0.25) is 5.91 Å². The molecular weight excluding hydrogens is 342 g/mol. The molecule has 1 aromatic rings. The van der Waals surface area contributed by atoms with Gasteiger partial charge in [-0.05, 0) is 44.2 Å². The fourth-order valence-corrected chi connectivity index (χ4v) is 3.26. The molecule has 27 heavy (non-hydrogen) atoms. The third kappa shape index (κ3) is 5.06. The number of amides is 2. The van der Waals surface area contributed by atoms with Crippen LogP contribution in [0.2, 0.25) is 0 Å². The zero-order valence-electron chi connectivity index (χ0n) is 17.4. The third-order valence-electron chi connectivity index (χ3n) is 5.80. The van der Waals surface area contributed by atoms with Crippen molar-refractivity contribution in [1.29, 1.82) is 0 Å². The van der Waals surface area contributed by atoms with Gasteiger partial charge in [0, 0.05) is 30.2 Å². The first-order valence-electron chi connectivity index (χ1n) is 9.75. The van der Waals surface area contributed by atoms with Crippen LogP contribution in [0.25, 0.3) is 0 Å². The van der Waals surface area contributed by atoms with Crippen LogP contribution in [-0.4, -0.2) is 52.0 Å². The molecule has 1 saturated heterocycles. The predicted molar refractivity (Wildman–Crippen MR) is 105 cm³/mol. The Balaban J connectivity index is 2.07. The minimum atomic E-state index is -0.656. The number of carbonyl (C=O) groups excluding carboxylic acids is 2. The molecule has 2 heterocycles. The van der Waals surface area contributed by atoms with E-state index in [2.05, 4.69) is 10.3 Å². The van der Waals surface area contributed by atoms with Crippen molar-refractivity contribution in [1.82, 2.24) is 15.2 Å². The van der Waals surface area contributed by atoms with Crippen molar-refractivity contribution >= 4 is 11.8 Å². The van der Waals surface area contributed by atoms with Crippen molar-refractivity contribution in [3.05, 3.63) is 29.1 Å². The highest BCUT2D eigenvalue weighted by molar-refractivity contribution is 5.93. The summed E-state index contributed by atoms with van der Waals surface area (Å²) in [5.41, 5.74) is 1.55.